The molecule has 0 saturated carbocycles. The molecule has 0 spiro atoms. The lowest BCUT2D eigenvalue weighted by Crippen LogP contribution is -2.48. The Morgan fingerprint density at radius 1 is 1.40 bits per heavy atom. The minimum Gasteiger partial charge on any atom is -0.406 e. The molecule has 1 aromatic carbocycles. The summed E-state index contributed by atoms with van der Waals surface area (Å²) in [6.07, 6.45) is -1.11. The van der Waals surface area contributed by atoms with E-state index in [2.05, 4.69) is 4.90 Å². The van der Waals surface area contributed by atoms with E-state index in [1.54, 1.807) is 23.6 Å². The van der Waals surface area contributed by atoms with Crippen molar-refractivity contribution in [2.45, 2.75) is 46.3 Å². The van der Waals surface area contributed by atoms with Gasteiger partial charge in [-0.05, 0) is 44.9 Å². The van der Waals surface area contributed by atoms with Crippen molar-refractivity contribution in [3.8, 4) is 0 Å². The number of carbonyl (C=O) groups is 1. The lowest BCUT2D eigenvalue weighted by molar-refractivity contribution is -0.458. The molecule has 1 aromatic rings. The molecule has 0 radical (unpaired) electrons. The Bertz CT molecular complexity index is 680. The fourth-order valence-electron chi connectivity index (χ4n) is 2.81. The Morgan fingerprint density at radius 2 is 2.08 bits per heavy atom. The first kappa shape index (κ1) is 19.5. The standard InChI is InChI=1S/C19H28FN2O3/c1-13-6-7-15(10-16(13)20)17(23)12-21-8-9-22(14(2)11-21)18(24)25-19(3,4)5/h6-7,10,17,23H,8-9,11-12H2,1-5H3/q+1/t17-/m0/s1. The maximum Gasteiger partial charge on any atom is 0.596 e. The Morgan fingerprint density at radius 3 is 2.64 bits per heavy atom. The molecular formula is C19H28FN2O3+. The van der Waals surface area contributed by atoms with Crippen molar-refractivity contribution in [3.63, 3.8) is 0 Å². The third-order valence-electron chi connectivity index (χ3n) is 4.18. The monoisotopic (exact) mass is 351 g/mol. The minimum absolute atomic E-state index is 0.311. The van der Waals surface area contributed by atoms with Crippen LogP contribution in [0.1, 0.15) is 44.9 Å². The Kier molecular flexibility index (Phi) is 5.95. The smallest absolute Gasteiger partial charge is 0.406 e. The van der Waals surface area contributed by atoms with Crippen LogP contribution in [0.2, 0.25) is 0 Å². The fourth-order valence-corrected chi connectivity index (χ4v) is 2.81. The average Bonchev–Trinajstić information content (AvgIpc) is 2.48. The van der Waals surface area contributed by atoms with E-state index in [-0.39, 0.29) is 11.9 Å². The minimum atomic E-state index is -0.768. The van der Waals surface area contributed by atoms with Gasteiger partial charge in [0.1, 0.15) is 11.4 Å². The van der Waals surface area contributed by atoms with Crippen LogP contribution in [0.5, 0.6) is 0 Å². The topological polar surface area (TPSA) is 52.8 Å². The van der Waals surface area contributed by atoms with Crippen LogP contribution in [0.4, 0.5) is 9.18 Å². The van der Waals surface area contributed by atoms with E-state index in [0.29, 0.717) is 37.3 Å². The number of aliphatic hydroxyl groups is 1. The van der Waals surface area contributed by atoms with Gasteiger partial charge in [-0.3, -0.25) is 4.90 Å². The van der Waals surface area contributed by atoms with Crippen LogP contribution in [0.25, 0.3) is 0 Å². The van der Waals surface area contributed by atoms with Crippen LogP contribution in [0.15, 0.2) is 18.2 Å². The largest absolute Gasteiger partial charge is 0.596 e. The van der Waals surface area contributed by atoms with Gasteiger partial charge in [0.25, 0.3) is 0 Å². The van der Waals surface area contributed by atoms with E-state index in [1.165, 1.54) is 6.07 Å². The summed E-state index contributed by atoms with van der Waals surface area (Å²) >= 11 is 0. The number of ether oxygens (including phenoxy) is 1. The molecule has 0 aromatic heterocycles. The fraction of sp³-hybridized carbons (Fsp3) is 0.579. The molecule has 1 aliphatic rings. The molecule has 0 bridgehead atoms. The highest BCUT2D eigenvalue weighted by Gasteiger charge is 2.33. The van der Waals surface area contributed by atoms with Gasteiger partial charge >= 0.3 is 6.09 Å². The van der Waals surface area contributed by atoms with E-state index < -0.39 is 11.7 Å². The van der Waals surface area contributed by atoms with Crippen LogP contribution in [-0.4, -0.2) is 58.2 Å². The number of carbonyl (C=O) groups excluding carboxylic acids is 1. The average molecular weight is 351 g/mol. The van der Waals surface area contributed by atoms with Crippen LogP contribution in [-0.2, 0) is 4.74 Å². The molecule has 6 heteroatoms. The predicted octanol–water partition coefficient (Wildman–Crippen LogP) is 2.89. The second-order valence-electron chi connectivity index (χ2n) is 7.63. The summed E-state index contributed by atoms with van der Waals surface area (Å²) in [5.74, 6) is -0.311. The lowest BCUT2D eigenvalue weighted by Gasteiger charge is -2.27. The number of aliphatic hydroxyl groups excluding tert-OH is 1. The maximum atomic E-state index is 13.7. The summed E-state index contributed by atoms with van der Waals surface area (Å²) in [6, 6.07) is 4.80. The molecule has 138 valence electrons. The van der Waals surface area contributed by atoms with Gasteiger partial charge in [-0.15, -0.1) is 4.58 Å². The number of amides is 1. The molecule has 25 heavy (non-hydrogen) atoms. The van der Waals surface area contributed by atoms with Crippen molar-refractivity contribution in [2.24, 2.45) is 0 Å². The molecule has 1 amide bonds. The second-order valence-corrected chi connectivity index (χ2v) is 7.63. The highest BCUT2D eigenvalue weighted by molar-refractivity contribution is 5.83. The number of hydrogen-bond donors (Lipinski definition) is 1. The van der Waals surface area contributed by atoms with Crippen molar-refractivity contribution < 1.29 is 23.6 Å². The molecule has 0 unspecified atom stereocenters. The highest BCUT2D eigenvalue weighted by Crippen LogP contribution is 2.18. The Labute approximate surface area is 148 Å². The quantitative estimate of drug-likeness (QED) is 0.851. The number of rotatable bonds is 3. The van der Waals surface area contributed by atoms with Gasteiger partial charge in [-0.25, -0.2) is 4.39 Å². The molecule has 1 heterocycles. The zero-order valence-corrected chi connectivity index (χ0v) is 15.7. The molecule has 1 atom stereocenters. The Hall–Kier alpha value is -1.79. The van der Waals surface area contributed by atoms with E-state index in [4.69, 9.17) is 4.74 Å². The summed E-state index contributed by atoms with van der Waals surface area (Å²) in [5, 5.41) is 10.4. The summed E-state index contributed by atoms with van der Waals surface area (Å²) in [6.45, 7) is 11.2. The van der Waals surface area contributed by atoms with Gasteiger partial charge in [0, 0.05) is 13.5 Å². The zero-order valence-electron chi connectivity index (χ0n) is 15.7. The summed E-state index contributed by atoms with van der Waals surface area (Å²) in [5.41, 5.74) is 1.48. The van der Waals surface area contributed by atoms with Gasteiger partial charge in [0.2, 0.25) is 0 Å². The van der Waals surface area contributed by atoms with Crippen LogP contribution in [0, 0.1) is 12.7 Å². The van der Waals surface area contributed by atoms with E-state index >= 15 is 0 Å². The third-order valence-corrected chi connectivity index (χ3v) is 4.18. The number of hydrogen-bond acceptors (Lipinski definition) is 4. The lowest BCUT2D eigenvalue weighted by atomic mass is 10.1. The first-order valence-electron chi connectivity index (χ1n) is 8.56. The SMILES string of the molecule is CC1=[N+](C(=O)OC(C)(C)C)CCN(C[C@H](O)c2ccc(C)c(F)c2)C1. The summed E-state index contributed by atoms with van der Waals surface area (Å²) in [7, 11) is 0. The highest BCUT2D eigenvalue weighted by atomic mass is 19.1. The predicted molar refractivity (Wildman–Crippen MR) is 94.6 cm³/mol. The van der Waals surface area contributed by atoms with Crippen molar-refractivity contribution in [1.29, 1.82) is 0 Å². The zero-order chi connectivity index (χ0) is 18.8. The van der Waals surface area contributed by atoms with E-state index in [0.717, 1.165) is 5.71 Å². The summed E-state index contributed by atoms with van der Waals surface area (Å²) in [4.78, 5) is 14.3. The van der Waals surface area contributed by atoms with Crippen molar-refractivity contribution in [1.82, 2.24) is 4.90 Å². The number of halogens is 1. The van der Waals surface area contributed by atoms with Crippen LogP contribution < -0.4 is 0 Å². The Balaban J connectivity index is 2.00. The van der Waals surface area contributed by atoms with Crippen molar-refractivity contribution in [3.05, 3.63) is 35.1 Å². The summed E-state index contributed by atoms with van der Waals surface area (Å²) < 4.78 is 20.7. The van der Waals surface area contributed by atoms with Gasteiger partial charge in [0.05, 0.1) is 19.2 Å². The maximum absolute atomic E-state index is 13.7. The number of β-amino-alcohol motifs (C(OH)–C–C–N with tert-alkyl or cyclic N) is 1. The number of benzene rings is 1. The van der Waals surface area contributed by atoms with Crippen molar-refractivity contribution >= 4 is 11.8 Å². The molecule has 0 fully saturated rings. The molecular weight excluding hydrogens is 323 g/mol. The first-order valence-corrected chi connectivity index (χ1v) is 8.56. The first-order chi connectivity index (χ1) is 11.6. The molecule has 0 saturated heterocycles. The molecule has 0 aliphatic carbocycles. The van der Waals surface area contributed by atoms with Gasteiger partial charge in [-0.2, -0.15) is 4.79 Å². The molecule has 5 nitrogen and oxygen atoms in total. The second kappa shape index (κ2) is 7.62. The third kappa shape index (κ3) is 5.34. The normalized spacial score (nSPS) is 17.6. The molecule has 1 aliphatic heterocycles. The van der Waals surface area contributed by atoms with Gasteiger partial charge in [-0.1, -0.05) is 12.1 Å². The van der Waals surface area contributed by atoms with Gasteiger partial charge < -0.3 is 9.84 Å². The van der Waals surface area contributed by atoms with Crippen LogP contribution in [0.3, 0.4) is 0 Å². The number of aryl methyl sites for hydroxylation is 1. The van der Waals surface area contributed by atoms with E-state index in [9.17, 15) is 14.3 Å². The van der Waals surface area contributed by atoms with Crippen LogP contribution >= 0.6 is 0 Å². The van der Waals surface area contributed by atoms with E-state index in [1.807, 2.05) is 27.7 Å². The van der Waals surface area contributed by atoms with Gasteiger partial charge in [0.15, 0.2) is 12.3 Å². The van der Waals surface area contributed by atoms with Crippen molar-refractivity contribution in [2.75, 3.05) is 26.2 Å². The molecule has 2 rings (SSSR count). The molecule has 1 N–H and O–H groups in total. The number of nitrogens with zero attached hydrogens (tertiary/aromatic N) is 2.